The van der Waals surface area contributed by atoms with E-state index in [9.17, 15) is 13.2 Å². The molecule has 2 aromatic carbocycles. The van der Waals surface area contributed by atoms with Crippen LogP contribution in [0.2, 0.25) is 0 Å². The Bertz CT molecular complexity index is 1430. The summed E-state index contributed by atoms with van der Waals surface area (Å²) in [5.74, 6) is -0.201. The second-order valence-electron chi connectivity index (χ2n) is 9.78. The summed E-state index contributed by atoms with van der Waals surface area (Å²) in [6, 6.07) is 13.2. The van der Waals surface area contributed by atoms with Crippen LogP contribution in [0, 0.1) is 13.8 Å². The lowest BCUT2D eigenvalue weighted by Crippen LogP contribution is -2.58. The number of morpholine rings is 1. The van der Waals surface area contributed by atoms with Gasteiger partial charge in [0, 0.05) is 23.7 Å². The van der Waals surface area contributed by atoms with Crippen LogP contribution in [0.25, 0.3) is 11.3 Å². The molecule has 0 saturated carbocycles. The Labute approximate surface area is 210 Å². The lowest BCUT2D eigenvalue weighted by atomic mass is 10.00. The minimum Gasteiger partial charge on any atom is -0.475 e. The number of nitrogens with one attached hydrogen (secondary N) is 1. The van der Waals surface area contributed by atoms with E-state index in [0.29, 0.717) is 12.2 Å². The van der Waals surface area contributed by atoms with Crippen molar-refractivity contribution in [3.8, 4) is 17.1 Å². The number of amides is 1. The van der Waals surface area contributed by atoms with E-state index in [1.54, 1.807) is 23.1 Å². The van der Waals surface area contributed by atoms with Crippen LogP contribution in [-0.4, -0.2) is 60.6 Å². The molecule has 9 nitrogen and oxygen atoms in total. The number of benzene rings is 2. The third-order valence-corrected chi connectivity index (χ3v) is 7.73. The lowest BCUT2D eigenvalue weighted by Gasteiger charge is -2.43. The number of hydrogen-bond acceptors (Lipinski definition) is 7. The summed E-state index contributed by atoms with van der Waals surface area (Å²) < 4.78 is 41.0. The van der Waals surface area contributed by atoms with Gasteiger partial charge in [0.05, 0.1) is 28.8 Å². The Morgan fingerprint density at radius 2 is 1.75 bits per heavy atom. The van der Waals surface area contributed by atoms with E-state index < -0.39 is 15.6 Å². The van der Waals surface area contributed by atoms with Crippen molar-refractivity contribution in [1.82, 2.24) is 14.9 Å². The summed E-state index contributed by atoms with van der Waals surface area (Å²) in [5.41, 5.74) is 3.09. The third-order valence-electron chi connectivity index (χ3n) is 6.40. The van der Waals surface area contributed by atoms with Gasteiger partial charge in [-0.2, -0.15) is 4.98 Å². The van der Waals surface area contributed by atoms with Gasteiger partial charge in [0.25, 0.3) is 15.9 Å². The fraction of sp³-hybridized carbons (Fsp3) is 0.346. The predicted molar refractivity (Wildman–Crippen MR) is 135 cm³/mol. The number of hydrogen-bond donors (Lipinski definition) is 1. The largest absolute Gasteiger partial charge is 0.475 e. The first-order valence-corrected chi connectivity index (χ1v) is 13.2. The van der Waals surface area contributed by atoms with Crippen molar-refractivity contribution in [2.75, 3.05) is 24.5 Å². The van der Waals surface area contributed by atoms with Gasteiger partial charge in [-0.25, -0.2) is 18.1 Å². The van der Waals surface area contributed by atoms with Crippen LogP contribution in [0.15, 0.2) is 53.4 Å². The van der Waals surface area contributed by atoms with Crippen molar-refractivity contribution < 1.29 is 22.7 Å². The zero-order chi connectivity index (χ0) is 25.7. The summed E-state index contributed by atoms with van der Waals surface area (Å²) in [5, 5.41) is 0. The summed E-state index contributed by atoms with van der Waals surface area (Å²) in [4.78, 5) is 24.0. The minimum absolute atomic E-state index is 0.0554. The molecule has 4 bridgehead atoms. The molecule has 1 saturated heterocycles. The maximum atomic E-state index is 13.5. The SMILES string of the molecule is Cc1cccc(C)c1-c1cc2nc(n1)NS(=O)(=O)c1cccc(c1)C(=O)N1CC(C)(C)OCC1CO2. The molecule has 1 atom stereocenters. The Kier molecular flexibility index (Phi) is 5.96. The highest BCUT2D eigenvalue weighted by molar-refractivity contribution is 7.92. The highest BCUT2D eigenvalue weighted by atomic mass is 32.2. The summed E-state index contributed by atoms with van der Waals surface area (Å²) in [6.07, 6.45) is 0. The van der Waals surface area contributed by atoms with Crippen LogP contribution in [0.5, 0.6) is 5.88 Å². The predicted octanol–water partition coefficient (Wildman–Crippen LogP) is 3.57. The molecule has 2 aliphatic rings. The average Bonchev–Trinajstić information content (AvgIpc) is 2.82. The molecule has 1 amide bonds. The van der Waals surface area contributed by atoms with Gasteiger partial charge < -0.3 is 14.4 Å². The van der Waals surface area contributed by atoms with E-state index in [2.05, 4.69) is 14.7 Å². The number of fused-ring (bicyclic) bond motifs is 5. The number of aryl methyl sites for hydroxylation is 2. The monoisotopic (exact) mass is 508 g/mol. The van der Waals surface area contributed by atoms with Crippen LogP contribution in [0.3, 0.4) is 0 Å². The Morgan fingerprint density at radius 3 is 2.50 bits per heavy atom. The second kappa shape index (κ2) is 8.86. The molecule has 2 aliphatic heterocycles. The van der Waals surface area contributed by atoms with Gasteiger partial charge in [0.15, 0.2) is 0 Å². The van der Waals surface area contributed by atoms with E-state index in [0.717, 1.165) is 16.7 Å². The van der Waals surface area contributed by atoms with Gasteiger partial charge in [0.1, 0.15) is 6.61 Å². The molecule has 3 aromatic rings. The molecule has 0 aliphatic carbocycles. The van der Waals surface area contributed by atoms with Crippen LogP contribution in [0.4, 0.5) is 5.95 Å². The van der Waals surface area contributed by atoms with E-state index >= 15 is 0 Å². The van der Waals surface area contributed by atoms with Crippen LogP contribution >= 0.6 is 0 Å². The Hall–Kier alpha value is -3.50. The maximum absolute atomic E-state index is 13.5. The molecular weight excluding hydrogens is 480 g/mol. The van der Waals surface area contributed by atoms with Crippen LogP contribution < -0.4 is 9.46 Å². The Balaban J connectivity index is 1.66. The van der Waals surface area contributed by atoms with Crippen molar-refractivity contribution in [2.24, 2.45) is 0 Å². The number of ether oxygens (including phenoxy) is 2. The third kappa shape index (κ3) is 4.66. The van der Waals surface area contributed by atoms with Gasteiger partial charge in [-0.1, -0.05) is 24.3 Å². The molecule has 0 spiro atoms. The van der Waals surface area contributed by atoms with Crippen molar-refractivity contribution in [3.63, 3.8) is 0 Å². The smallest absolute Gasteiger partial charge is 0.264 e. The number of rotatable bonds is 1. The van der Waals surface area contributed by atoms with Crippen LogP contribution in [-0.2, 0) is 14.8 Å². The standard InChI is InChI=1S/C26H28N4O5S/c1-16-7-5-8-17(2)23(16)21-12-22-28-25(27-21)29-36(32,33)20-10-6-9-18(11-20)24(31)30-15-26(3,4)35-14-19(30)13-34-22/h5-12,19H,13-15H2,1-4H3,(H,27,28,29). The molecule has 0 radical (unpaired) electrons. The Morgan fingerprint density at radius 1 is 1.03 bits per heavy atom. The summed E-state index contributed by atoms with van der Waals surface area (Å²) >= 11 is 0. The zero-order valence-electron chi connectivity index (χ0n) is 20.6. The molecule has 3 heterocycles. The van der Waals surface area contributed by atoms with Crippen molar-refractivity contribution in [1.29, 1.82) is 0 Å². The lowest BCUT2D eigenvalue weighted by molar-refractivity contribution is -0.109. The van der Waals surface area contributed by atoms with Gasteiger partial charge in [-0.15, -0.1) is 0 Å². The van der Waals surface area contributed by atoms with E-state index in [1.165, 1.54) is 12.1 Å². The number of aromatic nitrogens is 2. The maximum Gasteiger partial charge on any atom is 0.264 e. The number of nitrogens with zero attached hydrogens (tertiary/aromatic N) is 3. The second-order valence-corrected chi connectivity index (χ2v) is 11.5. The minimum atomic E-state index is -4.08. The zero-order valence-corrected chi connectivity index (χ0v) is 21.4. The molecule has 36 heavy (non-hydrogen) atoms. The quantitative estimate of drug-likeness (QED) is 0.535. The fourth-order valence-electron chi connectivity index (χ4n) is 4.59. The number of sulfonamides is 1. The molecular formula is C26H28N4O5S. The molecule has 5 rings (SSSR count). The van der Waals surface area contributed by atoms with Gasteiger partial charge in [-0.05, 0) is 57.0 Å². The van der Waals surface area contributed by atoms with Gasteiger partial charge in [0.2, 0.25) is 11.8 Å². The first kappa shape index (κ1) is 24.2. The fourth-order valence-corrected chi connectivity index (χ4v) is 5.58. The first-order chi connectivity index (χ1) is 17.0. The number of carbonyl (C=O) groups excluding carboxylic acids is 1. The molecule has 1 unspecified atom stereocenters. The summed E-state index contributed by atoms with van der Waals surface area (Å²) in [6.45, 7) is 8.49. The van der Waals surface area contributed by atoms with E-state index in [1.807, 2.05) is 45.9 Å². The normalized spacial score (nSPS) is 20.6. The highest BCUT2D eigenvalue weighted by Gasteiger charge is 2.38. The number of carbonyl (C=O) groups is 1. The molecule has 10 heteroatoms. The van der Waals surface area contributed by atoms with Crippen molar-refractivity contribution in [3.05, 3.63) is 65.2 Å². The van der Waals surface area contributed by atoms with E-state index in [-0.39, 0.29) is 47.5 Å². The molecule has 1 N–H and O–H groups in total. The van der Waals surface area contributed by atoms with Gasteiger partial charge >= 0.3 is 0 Å². The molecule has 1 aromatic heterocycles. The van der Waals surface area contributed by atoms with Gasteiger partial charge in [-0.3, -0.25) is 4.79 Å². The topological polar surface area (TPSA) is 111 Å². The average molecular weight is 509 g/mol. The van der Waals surface area contributed by atoms with E-state index in [4.69, 9.17) is 9.47 Å². The highest BCUT2D eigenvalue weighted by Crippen LogP contribution is 2.30. The molecule has 188 valence electrons. The summed E-state index contributed by atoms with van der Waals surface area (Å²) in [7, 11) is -4.08. The number of anilines is 1. The molecule has 1 fully saturated rings. The van der Waals surface area contributed by atoms with Crippen molar-refractivity contribution >= 4 is 21.9 Å². The van der Waals surface area contributed by atoms with Crippen molar-refractivity contribution in [2.45, 2.75) is 44.2 Å². The van der Waals surface area contributed by atoms with Crippen LogP contribution in [0.1, 0.15) is 35.3 Å². The first-order valence-electron chi connectivity index (χ1n) is 11.7.